The van der Waals surface area contributed by atoms with Crippen LogP contribution in [0.4, 0.5) is 0 Å². The van der Waals surface area contributed by atoms with Gasteiger partial charge in [-0.2, -0.15) is 0 Å². The topological polar surface area (TPSA) is 44.8 Å². The monoisotopic (exact) mass is 252 g/mol. The van der Waals surface area contributed by atoms with Crippen LogP contribution >= 0.6 is 0 Å². The predicted molar refractivity (Wildman–Crippen MR) is 62.4 cm³/mol. The lowest BCUT2D eigenvalue weighted by Gasteiger charge is -2.61. The van der Waals surface area contributed by atoms with Crippen LogP contribution in [0.25, 0.3) is 0 Å². The average Bonchev–Trinajstić information content (AvgIpc) is 2.38. The Hall–Kier alpha value is -0.450. The second-order valence-corrected chi connectivity index (χ2v) is 6.71. The van der Waals surface area contributed by atoms with Crippen LogP contribution in [0.1, 0.15) is 38.5 Å². The fraction of sp³-hybridized carbons (Fsp3) is 0.929. The van der Waals surface area contributed by atoms with Crippen molar-refractivity contribution in [3.63, 3.8) is 0 Å². The molecule has 100 valence electrons. The van der Waals surface area contributed by atoms with Gasteiger partial charge in [0.1, 0.15) is 0 Å². The Bertz CT molecular complexity index is 324. The van der Waals surface area contributed by atoms with E-state index in [0.29, 0.717) is 0 Å². The first-order valence-electron chi connectivity index (χ1n) is 7.07. The van der Waals surface area contributed by atoms with Crippen LogP contribution in [0, 0.1) is 23.2 Å². The molecule has 1 aliphatic heterocycles. The van der Waals surface area contributed by atoms with Crippen molar-refractivity contribution in [3.05, 3.63) is 0 Å². The molecule has 0 aromatic heterocycles. The van der Waals surface area contributed by atoms with Crippen LogP contribution in [0.3, 0.4) is 0 Å². The highest BCUT2D eigenvalue weighted by Crippen LogP contribution is 2.64. The van der Waals surface area contributed by atoms with Gasteiger partial charge >= 0.3 is 0 Å². The summed E-state index contributed by atoms with van der Waals surface area (Å²) in [5, 5.41) is 0. The van der Waals surface area contributed by atoms with E-state index in [1.807, 2.05) is 0 Å². The Kier molecular flexibility index (Phi) is 2.39. The smallest absolute Gasteiger partial charge is 0.235 e. The second kappa shape index (κ2) is 3.78. The number of carbonyl (C=O) groups is 1. The maximum atomic E-state index is 11.7. The van der Waals surface area contributed by atoms with Gasteiger partial charge in [-0.1, -0.05) is 0 Å². The van der Waals surface area contributed by atoms with E-state index < -0.39 is 5.79 Å². The Labute approximate surface area is 107 Å². The molecule has 4 heteroatoms. The van der Waals surface area contributed by atoms with Gasteiger partial charge in [-0.15, -0.1) is 0 Å². The summed E-state index contributed by atoms with van der Waals surface area (Å²) in [5.74, 6) is 1.32. The summed E-state index contributed by atoms with van der Waals surface area (Å²) in [6.07, 6.45) is 8.25. The molecule has 0 aromatic carbocycles. The predicted octanol–water partition coefficient (Wildman–Crippen LogP) is 2.08. The van der Waals surface area contributed by atoms with Crippen molar-refractivity contribution in [1.82, 2.24) is 0 Å². The highest BCUT2D eigenvalue weighted by molar-refractivity contribution is 5.62. The summed E-state index contributed by atoms with van der Waals surface area (Å²) in [6, 6.07) is 0. The van der Waals surface area contributed by atoms with E-state index in [1.54, 1.807) is 0 Å². The maximum Gasteiger partial charge on any atom is 0.235 e. The lowest BCUT2D eigenvalue weighted by atomic mass is 9.47. The van der Waals surface area contributed by atoms with E-state index in [-0.39, 0.29) is 19.0 Å². The number of hydrogen-bond donors (Lipinski definition) is 0. The number of rotatable bonds is 2. The van der Waals surface area contributed by atoms with Crippen molar-refractivity contribution >= 4 is 6.29 Å². The van der Waals surface area contributed by atoms with E-state index in [0.717, 1.165) is 43.3 Å². The fourth-order valence-corrected chi connectivity index (χ4v) is 5.37. The van der Waals surface area contributed by atoms with Crippen LogP contribution in [-0.4, -0.2) is 25.7 Å². The Morgan fingerprint density at radius 3 is 1.83 bits per heavy atom. The average molecular weight is 252 g/mol. The van der Waals surface area contributed by atoms with E-state index in [4.69, 9.17) is 14.2 Å². The van der Waals surface area contributed by atoms with Crippen molar-refractivity contribution in [3.8, 4) is 0 Å². The normalized spacial score (nSPS) is 49.2. The molecule has 0 unspecified atom stereocenters. The minimum atomic E-state index is -1.03. The summed E-state index contributed by atoms with van der Waals surface area (Å²) in [7, 11) is 0. The summed E-state index contributed by atoms with van der Waals surface area (Å²) in [5.41, 5.74) is -0.0761. The van der Waals surface area contributed by atoms with Gasteiger partial charge in [0, 0.05) is 5.41 Å². The highest BCUT2D eigenvalue weighted by Gasteiger charge is 2.63. The molecule has 0 atom stereocenters. The second-order valence-electron chi connectivity index (χ2n) is 6.71. The lowest BCUT2D eigenvalue weighted by molar-refractivity contribution is -0.388. The number of aldehydes is 1. The molecule has 0 spiro atoms. The minimum absolute atomic E-state index is 0.0761. The first kappa shape index (κ1) is 11.4. The van der Waals surface area contributed by atoms with E-state index in [1.165, 1.54) is 19.3 Å². The Balaban J connectivity index is 1.71. The van der Waals surface area contributed by atoms with Crippen molar-refractivity contribution in [2.75, 3.05) is 13.6 Å². The van der Waals surface area contributed by atoms with Crippen molar-refractivity contribution < 1.29 is 19.0 Å². The Morgan fingerprint density at radius 2 is 1.39 bits per heavy atom. The number of ether oxygens (including phenoxy) is 3. The third-order valence-corrected chi connectivity index (χ3v) is 5.65. The zero-order valence-corrected chi connectivity index (χ0v) is 10.6. The summed E-state index contributed by atoms with van der Waals surface area (Å²) in [4.78, 5) is 11.7. The molecule has 5 aliphatic rings. The molecule has 0 radical (unpaired) electrons. The Morgan fingerprint density at radius 1 is 0.889 bits per heavy atom. The molecule has 4 nitrogen and oxygen atoms in total. The van der Waals surface area contributed by atoms with Gasteiger partial charge in [-0.3, -0.25) is 4.79 Å². The zero-order chi connectivity index (χ0) is 12.2. The van der Waals surface area contributed by atoms with Gasteiger partial charge in [0.05, 0.1) is 0 Å². The van der Waals surface area contributed by atoms with E-state index in [9.17, 15) is 4.79 Å². The van der Waals surface area contributed by atoms with Crippen molar-refractivity contribution in [2.45, 2.75) is 44.3 Å². The van der Waals surface area contributed by atoms with Crippen LogP contribution in [0.2, 0.25) is 0 Å². The number of carbonyl (C=O) groups excluding carboxylic acids is 1. The highest BCUT2D eigenvalue weighted by atomic mass is 16.9. The minimum Gasteiger partial charge on any atom is -0.329 e. The zero-order valence-electron chi connectivity index (χ0n) is 10.6. The van der Waals surface area contributed by atoms with Crippen LogP contribution < -0.4 is 0 Å². The van der Waals surface area contributed by atoms with Crippen LogP contribution in [0.5, 0.6) is 0 Å². The van der Waals surface area contributed by atoms with Crippen molar-refractivity contribution in [2.24, 2.45) is 23.2 Å². The molecule has 1 heterocycles. The third kappa shape index (κ3) is 1.40. The van der Waals surface area contributed by atoms with Gasteiger partial charge in [0.25, 0.3) is 0 Å². The molecule has 1 saturated heterocycles. The quantitative estimate of drug-likeness (QED) is 0.706. The third-order valence-electron chi connectivity index (χ3n) is 5.65. The molecule has 0 amide bonds. The standard InChI is InChI=1S/C14H20O4/c15-7-14(17-8-16-9-18-14)13-4-10-1-11(5-13)3-12(2-10)6-13/h7,10-12H,1-6,8-9H2. The molecular formula is C14H20O4. The van der Waals surface area contributed by atoms with Crippen LogP contribution in [0.15, 0.2) is 0 Å². The van der Waals surface area contributed by atoms with Gasteiger partial charge in [-0.05, 0) is 56.3 Å². The van der Waals surface area contributed by atoms with Gasteiger partial charge in [-0.25, -0.2) is 0 Å². The van der Waals surface area contributed by atoms with Gasteiger partial charge in [0.2, 0.25) is 5.79 Å². The molecular weight excluding hydrogens is 232 g/mol. The molecule has 18 heavy (non-hydrogen) atoms. The molecule has 5 fully saturated rings. The summed E-state index contributed by atoms with van der Waals surface area (Å²) >= 11 is 0. The first-order valence-corrected chi connectivity index (χ1v) is 7.07. The largest absolute Gasteiger partial charge is 0.329 e. The number of hydrogen-bond acceptors (Lipinski definition) is 4. The fourth-order valence-electron chi connectivity index (χ4n) is 5.37. The first-order chi connectivity index (χ1) is 8.75. The van der Waals surface area contributed by atoms with Crippen molar-refractivity contribution in [1.29, 1.82) is 0 Å². The van der Waals surface area contributed by atoms with Gasteiger partial charge < -0.3 is 14.2 Å². The SMILES string of the molecule is O=CC1(C23CC4CC(CC(C4)C2)C3)OCOCO1. The summed E-state index contributed by atoms with van der Waals surface area (Å²) in [6.45, 7) is 0.362. The molecule has 0 N–H and O–H groups in total. The molecule has 4 saturated carbocycles. The summed E-state index contributed by atoms with van der Waals surface area (Å²) < 4.78 is 16.5. The van der Waals surface area contributed by atoms with E-state index in [2.05, 4.69) is 0 Å². The molecule has 4 bridgehead atoms. The van der Waals surface area contributed by atoms with E-state index >= 15 is 0 Å². The molecule has 0 aromatic rings. The van der Waals surface area contributed by atoms with Gasteiger partial charge in [0.15, 0.2) is 19.9 Å². The molecule has 4 aliphatic carbocycles. The maximum absolute atomic E-state index is 11.7. The molecule has 5 rings (SSSR count). The lowest BCUT2D eigenvalue weighted by Crippen LogP contribution is -2.63. The van der Waals surface area contributed by atoms with Crippen LogP contribution in [-0.2, 0) is 19.0 Å².